The Morgan fingerprint density at radius 3 is 2.60 bits per heavy atom. The van der Waals surface area contributed by atoms with Crippen LogP contribution in [0, 0.1) is 0 Å². The van der Waals surface area contributed by atoms with E-state index in [0.717, 1.165) is 11.9 Å². The molecule has 0 rings (SSSR count). The van der Waals surface area contributed by atoms with Gasteiger partial charge in [-0.2, -0.15) is 13.2 Å². The highest BCUT2D eigenvalue weighted by molar-refractivity contribution is 5.73. The van der Waals surface area contributed by atoms with Crippen LogP contribution in [0.25, 0.3) is 0 Å². The molecule has 0 bridgehead atoms. The molecule has 0 unspecified atom stereocenters. The van der Waals surface area contributed by atoms with E-state index in [1.165, 1.54) is 6.08 Å². The van der Waals surface area contributed by atoms with Gasteiger partial charge in [0.1, 0.15) is 0 Å². The lowest BCUT2D eigenvalue weighted by Crippen LogP contribution is -2.45. The van der Waals surface area contributed by atoms with Crippen molar-refractivity contribution in [3.63, 3.8) is 0 Å². The monoisotopic (exact) mass is 226 g/mol. The molecule has 0 aromatic carbocycles. The van der Waals surface area contributed by atoms with Crippen molar-refractivity contribution < 1.29 is 23.1 Å². The molecule has 0 radical (unpaired) electrons. The van der Waals surface area contributed by atoms with Crippen LogP contribution in [0.4, 0.5) is 18.0 Å². The Balaban J connectivity index is 4.07. The molecule has 0 saturated carbocycles. The number of carbonyl (C=O) groups excluding carboxylic acids is 1. The van der Waals surface area contributed by atoms with Crippen molar-refractivity contribution >= 4 is 6.03 Å². The minimum atomic E-state index is -4.72. The third-order valence-corrected chi connectivity index (χ3v) is 1.57. The second kappa shape index (κ2) is 5.59. The summed E-state index contributed by atoms with van der Waals surface area (Å²) in [7, 11) is 1.16. The number of halogens is 3. The van der Waals surface area contributed by atoms with E-state index in [2.05, 4.69) is 11.9 Å². The molecule has 0 aliphatic heterocycles. The Hall–Kier alpha value is -1.24. The molecule has 0 aliphatic carbocycles. The summed E-state index contributed by atoms with van der Waals surface area (Å²) in [6.07, 6.45) is -5.85. The number of alkyl halides is 3. The molecule has 2 N–H and O–H groups in total. The van der Waals surface area contributed by atoms with Crippen LogP contribution in [0.1, 0.15) is 0 Å². The zero-order chi connectivity index (χ0) is 12.1. The molecule has 15 heavy (non-hydrogen) atoms. The molecule has 0 aromatic heterocycles. The SMILES string of the molecule is C=CCNC(=O)N(C)C[C@@H](O)C(F)(F)F. The number of urea groups is 1. The molecule has 4 nitrogen and oxygen atoms in total. The van der Waals surface area contributed by atoms with Crippen LogP contribution in [0.3, 0.4) is 0 Å². The molecular formula is C8H13F3N2O2. The van der Waals surface area contributed by atoms with E-state index in [-0.39, 0.29) is 6.54 Å². The Morgan fingerprint density at radius 2 is 2.20 bits per heavy atom. The first kappa shape index (κ1) is 13.8. The van der Waals surface area contributed by atoms with Crippen molar-refractivity contribution in [3.05, 3.63) is 12.7 Å². The third kappa shape index (κ3) is 5.26. The van der Waals surface area contributed by atoms with Gasteiger partial charge in [-0.05, 0) is 0 Å². The van der Waals surface area contributed by atoms with Crippen molar-refractivity contribution in [3.8, 4) is 0 Å². The van der Waals surface area contributed by atoms with Crippen molar-refractivity contribution in [2.75, 3.05) is 20.1 Å². The first-order valence-electron chi connectivity index (χ1n) is 4.13. The maximum atomic E-state index is 11.9. The topological polar surface area (TPSA) is 52.6 Å². The Labute approximate surface area is 85.4 Å². The van der Waals surface area contributed by atoms with Gasteiger partial charge in [0.2, 0.25) is 0 Å². The van der Waals surface area contributed by atoms with Crippen LogP contribution >= 0.6 is 0 Å². The Bertz CT molecular complexity index is 230. The predicted molar refractivity (Wildman–Crippen MR) is 48.3 cm³/mol. The fraction of sp³-hybridized carbons (Fsp3) is 0.625. The number of carbonyl (C=O) groups is 1. The van der Waals surface area contributed by atoms with Crippen LogP contribution in [0.5, 0.6) is 0 Å². The maximum Gasteiger partial charge on any atom is 0.416 e. The summed E-state index contributed by atoms with van der Waals surface area (Å²) < 4.78 is 35.7. The summed E-state index contributed by atoms with van der Waals surface area (Å²) in [5.41, 5.74) is 0. The van der Waals surface area contributed by atoms with Crippen molar-refractivity contribution in [2.45, 2.75) is 12.3 Å². The van der Waals surface area contributed by atoms with Gasteiger partial charge >= 0.3 is 12.2 Å². The minimum absolute atomic E-state index is 0.158. The number of amides is 2. The van der Waals surface area contributed by atoms with Crippen LogP contribution in [0.2, 0.25) is 0 Å². The summed E-state index contributed by atoms with van der Waals surface area (Å²) >= 11 is 0. The van der Waals surface area contributed by atoms with Gasteiger partial charge in [0, 0.05) is 13.6 Å². The number of nitrogens with one attached hydrogen (secondary N) is 1. The molecule has 0 saturated heterocycles. The highest BCUT2D eigenvalue weighted by Crippen LogP contribution is 2.20. The van der Waals surface area contributed by atoms with Crippen LogP contribution in [-0.2, 0) is 0 Å². The lowest BCUT2D eigenvalue weighted by molar-refractivity contribution is -0.205. The standard InChI is InChI=1S/C8H13F3N2O2/c1-3-4-12-7(15)13(2)5-6(14)8(9,10)11/h3,6,14H,1,4-5H2,2H3,(H,12,15)/t6-/m1/s1. The van der Waals surface area contributed by atoms with E-state index in [1.807, 2.05) is 0 Å². The predicted octanol–water partition coefficient (Wildman–Crippen LogP) is 0.737. The highest BCUT2D eigenvalue weighted by Gasteiger charge is 2.39. The molecule has 2 amide bonds. The first-order chi connectivity index (χ1) is 6.79. The van der Waals surface area contributed by atoms with Gasteiger partial charge in [-0.15, -0.1) is 6.58 Å². The minimum Gasteiger partial charge on any atom is -0.382 e. The first-order valence-corrected chi connectivity index (χ1v) is 4.13. The lowest BCUT2D eigenvalue weighted by atomic mass is 10.3. The van der Waals surface area contributed by atoms with Gasteiger partial charge in [-0.1, -0.05) is 6.08 Å². The molecule has 0 spiro atoms. The van der Waals surface area contributed by atoms with Crippen LogP contribution in [0.15, 0.2) is 12.7 Å². The average molecular weight is 226 g/mol. The largest absolute Gasteiger partial charge is 0.416 e. The lowest BCUT2D eigenvalue weighted by Gasteiger charge is -2.22. The zero-order valence-electron chi connectivity index (χ0n) is 8.21. The van der Waals surface area contributed by atoms with Crippen molar-refractivity contribution in [2.24, 2.45) is 0 Å². The number of nitrogens with zero attached hydrogens (tertiary/aromatic N) is 1. The van der Waals surface area contributed by atoms with Crippen molar-refractivity contribution in [1.82, 2.24) is 10.2 Å². The van der Waals surface area contributed by atoms with E-state index in [0.29, 0.717) is 0 Å². The Kier molecular flexibility index (Phi) is 5.13. The second-order valence-corrected chi connectivity index (χ2v) is 2.91. The van der Waals surface area contributed by atoms with Crippen LogP contribution < -0.4 is 5.32 Å². The van der Waals surface area contributed by atoms with Crippen molar-refractivity contribution in [1.29, 1.82) is 0 Å². The summed E-state index contributed by atoms with van der Waals surface area (Å²) in [6.45, 7) is 2.69. The van der Waals surface area contributed by atoms with E-state index in [4.69, 9.17) is 5.11 Å². The number of aliphatic hydroxyl groups is 1. The molecule has 0 aromatic rings. The zero-order valence-corrected chi connectivity index (χ0v) is 8.21. The normalized spacial score (nSPS) is 13.1. The number of hydrogen-bond donors (Lipinski definition) is 2. The van der Waals surface area contributed by atoms with Crippen LogP contribution in [-0.4, -0.2) is 48.5 Å². The van der Waals surface area contributed by atoms with Gasteiger partial charge in [0.25, 0.3) is 0 Å². The summed E-state index contributed by atoms with van der Waals surface area (Å²) in [4.78, 5) is 11.8. The summed E-state index contributed by atoms with van der Waals surface area (Å²) in [5, 5.41) is 10.9. The molecule has 7 heteroatoms. The number of rotatable bonds is 4. The quantitative estimate of drug-likeness (QED) is 0.694. The van der Waals surface area contributed by atoms with Gasteiger partial charge in [0.15, 0.2) is 6.10 Å². The summed E-state index contributed by atoms with van der Waals surface area (Å²) in [5.74, 6) is 0. The number of hydrogen-bond acceptors (Lipinski definition) is 2. The fourth-order valence-electron chi connectivity index (χ4n) is 0.740. The number of aliphatic hydroxyl groups excluding tert-OH is 1. The Morgan fingerprint density at radius 1 is 1.67 bits per heavy atom. The van der Waals surface area contributed by atoms with E-state index in [1.54, 1.807) is 0 Å². The second-order valence-electron chi connectivity index (χ2n) is 2.91. The molecular weight excluding hydrogens is 213 g/mol. The van der Waals surface area contributed by atoms with Gasteiger partial charge in [-0.25, -0.2) is 4.79 Å². The van der Waals surface area contributed by atoms with Gasteiger partial charge < -0.3 is 15.3 Å². The molecule has 0 aliphatic rings. The van der Waals surface area contributed by atoms with E-state index >= 15 is 0 Å². The summed E-state index contributed by atoms with van der Waals surface area (Å²) in [6, 6.07) is -0.696. The van der Waals surface area contributed by atoms with Gasteiger partial charge in [0.05, 0.1) is 6.54 Å². The molecule has 0 heterocycles. The molecule has 1 atom stereocenters. The fourth-order valence-corrected chi connectivity index (χ4v) is 0.740. The third-order valence-electron chi connectivity index (χ3n) is 1.57. The van der Waals surface area contributed by atoms with E-state index < -0.39 is 24.9 Å². The number of likely N-dealkylation sites (N-methyl/N-ethyl adjacent to an activating group) is 1. The molecule has 88 valence electrons. The molecule has 0 fully saturated rings. The van der Waals surface area contributed by atoms with E-state index in [9.17, 15) is 18.0 Å². The highest BCUT2D eigenvalue weighted by atomic mass is 19.4. The smallest absolute Gasteiger partial charge is 0.382 e. The maximum absolute atomic E-state index is 11.9. The average Bonchev–Trinajstić information content (AvgIpc) is 2.12. The van der Waals surface area contributed by atoms with Gasteiger partial charge in [-0.3, -0.25) is 0 Å².